The van der Waals surface area contributed by atoms with Crippen molar-refractivity contribution < 1.29 is 58.7 Å². The van der Waals surface area contributed by atoms with Crippen LogP contribution in [0.25, 0.3) is 0 Å². The van der Waals surface area contributed by atoms with Gasteiger partial charge in [0, 0.05) is 0 Å². The molecule has 3 rings (SSSR count). The number of halogens is 5. The van der Waals surface area contributed by atoms with Gasteiger partial charge in [-0.1, -0.05) is 6.42 Å². The molecule has 14 heteroatoms. The van der Waals surface area contributed by atoms with Gasteiger partial charge < -0.3 is 14.2 Å². The average molecular weight is 480 g/mol. The van der Waals surface area contributed by atoms with Gasteiger partial charge in [0.15, 0.2) is 0 Å². The second kappa shape index (κ2) is 8.43. The predicted octanol–water partition coefficient (Wildman–Crippen LogP) is 2.61. The molecule has 3 fully saturated rings. The number of hydrogen-bond acceptors (Lipinski definition) is 7. The van der Waals surface area contributed by atoms with Crippen LogP contribution in [0.3, 0.4) is 0 Å². The highest BCUT2D eigenvalue weighted by molar-refractivity contribution is 7.86. The molecule has 0 radical (unpaired) electrons. The molecule has 1 aliphatic carbocycles. The van der Waals surface area contributed by atoms with Crippen LogP contribution >= 0.6 is 0 Å². The van der Waals surface area contributed by atoms with E-state index in [9.17, 15) is 40.0 Å². The second-order valence-corrected chi connectivity index (χ2v) is 9.43. The lowest BCUT2D eigenvalue weighted by molar-refractivity contribution is -0.261. The summed E-state index contributed by atoms with van der Waals surface area (Å²) < 4.78 is 111. The normalized spacial score (nSPS) is 30.8. The SMILES string of the molecule is O=C(OC1CCCCC1)C1C2CCC(O2)C1C(=O)OC(C(F)(F)F)C(F)(F)S(=O)(=O)O. The molecule has 8 nitrogen and oxygen atoms in total. The van der Waals surface area contributed by atoms with Gasteiger partial charge in [-0.3, -0.25) is 14.1 Å². The largest absolute Gasteiger partial charge is 0.462 e. The summed E-state index contributed by atoms with van der Waals surface area (Å²) in [5, 5.41) is -5.85. The third-order valence-corrected chi connectivity index (χ3v) is 6.74. The summed E-state index contributed by atoms with van der Waals surface area (Å²) in [5.41, 5.74) is 0. The van der Waals surface area contributed by atoms with Gasteiger partial charge in [-0.2, -0.15) is 30.4 Å². The van der Waals surface area contributed by atoms with Crippen molar-refractivity contribution in [1.82, 2.24) is 0 Å². The molecule has 0 aromatic carbocycles. The number of hydrogen-bond donors (Lipinski definition) is 1. The fourth-order valence-corrected chi connectivity index (χ4v) is 4.81. The van der Waals surface area contributed by atoms with E-state index in [1.165, 1.54) is 0 Å². The number of ether oxygens (including phenoxy) is 3. The Hall–Kier alpha value is -1.54. The third kappa shape index (κ3) is 4.80. The van der Waals surface area contributed by atoms with Crippen LogP contribution in [-0.2, 0) is 33.9 Å². The zero-order valence-corrected chi connectivity index (χ0v) is 16.8. The van der Waals surface area contributed by atoms with Crippen molar-refractivity contribution in [3.05, 3.63) is 0 Å². The summed E-state index contributed by atoms with van der Waals surface area (Å²) >= 11 is 0. The highest BCUT2D eigenvalue weighted by Crippen LogP contribution is 2.46. The molecule has 1 N–H and O–H groups in total. The number of carbonyl (C=O) groups is 2. The average Bonchev–Trinajstić information content (AvgIpc) is 3.26. The van der Waals surface area contributed by atoms with E-state index in [-0.39, 0.29) is 6.42 Å². The Morgan fingerprint density at radius 3 is 1.90 bits per heavy atom. The Balaban J connectivity index is 1.80. The van der Waals surface area contributed by atoms with E-state index in [1.807, 2.05) is 0 Å². The zero-order chi connectivity index (χ0) is 23.2. The number of rotatable bonds is 6. The van der Waals surface area contributed by atoms with E-state index in [4.69, 9.17) is 14.0 Å². The van der Waals surface area contributed by atoms with Crippen molar-refractivity contribution >= 4 is 22.1 Å². The molecule has 0 aromatic rings. The first kappa shape index (κ1) is 24.1. The maximum absolute atomic E-state index is 13.7. The van der Waals surface area contributed by atoms with Gasteiger partial charge in [0.1, 0.15) is 6.10 Å². The van der Waals surface area contributed by atoms with E-state index >= 15 is 0 Å². The highest BCUT2D eigenvalue weighted by Gasteiger charge is 2.67. The topological polar surface area (TPSA) is 116 Å². The Labute approximate surface area is 174 Å². The predicted molar refractivity (Wildman–Crippen MR) is 90.3 cm³/mol. The fourth-order valence-electron chi connectivity index (χ4n) is 4.36. The molecule has 5 atom stereocenters. The summed E-state index contributed by atoms with van der Waals surface area (Å²) in [6.07, 6.45) is -8.60. The minimum absolute atomic E-state index is 0.170. The summed E-state index contributed by atoms with van der Waals surface area (Å²) in [6, 6.07) is 0. The molecular formula is C17H21F5O8S. The molecule has 0 amide bonds. The number of carbonyl (C=O) groups excluding carboxylic acids is 2. The van der Waals surface area contributed by atoms with Gasteiger partial charge >= 0.3 is 33.5 Å². The lowest BCUT2D eigenvalue weighted by atomic mass is 9.79. The highest BCUT2D eigenvalue weighted by atomic mass is 32.2. The molecule has 0 aromatic heterocycles. The minimum Gasteiger partial charge on any atom is -0.462 e. The van der Waals surface area contributed by atoms with Crippen molar-refractivity contribution in [2.75, 3.05) is 0 Å². The van der Waals surface area contributed by atoms with Crippen molar-refractivity contribution in [1.29, 1.82) is 0 Å². The summed E-state index contributed by atoms with van der Waals surface area (Å²) in [5.74, 6) is -5.80. The van der Waals surface area contributed by atoms with Crippen molar-refractivity contribution in [3.63, 3.8) is 0 Å². The summed E-state index contributed by atoms with van der Waals surface area (Å²) in [7, 11) is -6.57. The van der Waals surface area contributed by atoms with E-state index in [2.05, 4.69) is 4.74 Å². The van der Waals surface area contributed by atoms with Crippen LogP contribution in [0, 0.1) is 11.8 Å². The Morgan fingerprint density at radius 2 is 1.42 bits per heavy atom. The number of alkyl halides is 5. The van der Waals surface area contributed by atoms with E-state index < -0.39 is 69.7 Å². The van der Waals surface area contributed by atoms with Gasteiger partial charge in [0.25, 0.3) is 6.10 Å². The summed E-state index contributed by atoms with van der Waals surface area (Å²) in [6.45, 7) is 0. The van der Waals surface area contributed by atoms with E-state index in [0.29, 0.717) is 19.3 Å². The maximum Gasteiger partial charge on any atom is 0.432 e. The smallest absolute Gasteiger partial charge is 0.432 e. The molecule has 0 spiro atoms. The quantitative estimate of drug-likeness (QED) is 0.350. The van der Waals surface area contributed by atoms with E-state index in [1.54, 1.807) is 0 Å². The first-order valence-corrected chi connectivity index (χ1v) is 11.2. The van der Waals surface area contributed by atoms with Crippen LogP contribution in [0.1, 0.15) is 44.9 Å². The van der Waals surface area contributed by atoms with Crippen LogP contribution in [-0.4, -0.2) is 60.8 Å². The van der Waals surface area contributed by atoms with Gasteiger partial charge in [-0.05, 0) is 38.5 Å². The molecule has 1 saturated carbocycles. The van der Waals surface area contributed by atoms with Crippen LogP contribution in [0.15, 0.2) is 0 Å². The lowest BCUT2D eigenvalue weighted by Crippen LogP contribution is -2.53. The van der Waals surface area contributed by atoms with Crippen LogP contribution in [0.2, 0.25) is 0 Å². The van der Waals surface area contributed by atoms with Crippen molar-refractivity contribution in [2.45, 2.75) is 80.8 Å². The van der Waals surface area contributed by atoms with E-state index in [0.717, 1.165) is 19.3 Å². The number of esters is 2. The van der Waals surface area contributed by atoms with Crippen LogP contribution < -0.4 is 0 Å². The summed E-state index contributed by atoms with van der Waals surface area (Å²) in [4.78, 5) is 25.1. The molecule has 5 unspecified atom stereocenters. The molecule has 178 valence electrons. The molecular weight excluding hydrogens is 459 g/mol. The molecule has 3 aliphatic rings. The minimum atomic E-state index is -6.57. The lowest BCUT2D eigenvalue weighted by Gasteiger charge is -2.31. The van der Waals surface area contributed by atoms with Gasteiger partial charge in [0.05, 0.1) is 24.0 Å². The standard InChI is InChI=1S/C17H21F5O8S/c18-16(19,20)15(17(21,22)31(25,26)27)30-14(24)12-10-7-6-9(29-10)11(12)13(23)28-8-4-2-1-3-5-8/h8-12,15H,1-7H2,(H,25,26,27). The molecule has 2 aliphatic heterocycles. The van der Waals surface area contributed by atoms with Gasteiger partial charge in [-0.25, -0.2) is 0 Å². The Morgan fingerprint density at radius 1 is 0.903 bits per heavy atom. The first-order chi connectivity index (χ1) is 14.2. The first-order valence-electron chi connectivity index (χ1n) is 9.71. The Kier molecular flexibility index (Phi) is 6.55. The fraction of sp³-hybridized carbons (Fsp3) is 0.882. The van der Waals surface area contributed by atoms with Crippen molar-refractivity contribution in [2.24, 2.45) is 11.8 Å². The molecule has 2 bridgehead atoms. The Bertz CT molecular complexity index is 808. The second-order valence-electron chi connectivity index (χ2n) is 7.93. The third-order valence-electron chi connectivity index (χ3n) is 5.83. The maximum atomic E-state index is 13.7. The number of fused-ring (bicyclic) bond motifs is 2. The van der Waals surface area contributed by atoms with Gasteiger partial charge in [0.2, 0.25) is 0 Å². The van der Waals surface area contributed by atoms with Crippen LogP contribution in [0.4, 0.5) is 22.0 Å². The zero-order valence-electron chi connectivity index (χ0n) is 16.0. The van der Waals surface area contributed by atoms with Gasteiger partial charge in [-0.15, -0.1) is 0 Å². The van der Waals surface area contributed by atoms with Crippen molar-refractivity contribution in [3.8, 4) is 0 Å². The monoisotopic (exact) mass is 480 g/mol. The molecule has 2 saturated heterocycles. The van der Waals surface area contributed by atoms with Crippen LogP contribution in [0.5, 0.6) is 0 Å². The molecule has 2 heterocycles. The molecule has 31 heavy (non-hydrogen) atoms.